The van der Waals surface area contributed by atoms with Gasteiger partial charge in [-0.15, -0.1) is 0 Å². The minimum absolute atomic E-state index is 0.0942. The number of nitrogens with zero attached hydrogens (tertiary/aromatic N) is 3. The molecule has 2 aromatic rings. The highest BCUT2D eigenvalue weighted by Crippen LogP contribution is 2.48. The van der Waals surface area contributed by atoms with Gasteiger partial charge in [-0.3, -0.25) is 4.79 Å². The Hall–Kier alpha value is -1.95. The van der Waals surface area contributed by atoms with Crippen LogP contribution < -0.4 is 5.32 Å². The maximum Gasteiger partial charge on any atom is 0.253 e. The number of carbonyl (C=O) groups excluding carboxylic acids is 1. The molecular weight excluding hydrogens is 266 g/mol. The van der Waals surface area contributed by atoms with Crippen molar-refractivity contribution in [3.05, 3.63) is 23.8 Å². The van der Waals surface area contributed by atoms with Gasteiger partial charge in [0, 0.05) is 42.6 Å². The third kappa shape index (κ3) is 1.72. The van der Waals surface area contributed by atoms with E-state index in [4.69, 9.17) is 0 Å². The summed E-state index contributed by atoms with van der Waals surface area (Å²) in [5.74, 6) is 0.0942. The molecule has 2 saturated heterocycles. The van der Waals surface area contributed by atoms with Crippen molar-refractivity contribution >= 4 is 16.9 Å². The highest BCUT2D eigenvalue weighted by atomic mass is 16.2. The molecule has 2 atom stereocenters. The fourth-order valence-corrected chi connectivity index (χ4v) is 3.73. The van der Waals surface area contributed by atoms with Crippen molar-refractivity contribution < 1.29 is 4.79 Å². The summed E-state index contributed by atoms with van der Waals surface area (Å²) in [5, 5.41) is 14.1. The standard InChI is InChI=1S/C15H19N5O/c1-14-6-16-7-15(14,2)9-20(8-14)13(21)10-3-4-11-12(5-10)18-19-17-11/h3-5,16H,6-9H2,1-2H3,(H,17,18,19)/t14-,15+. The number of fused-ring (bicyclic) bond motifs is 2. The van der Waals surface area contributed by atoms with Gasteiger partial charge in [0.25, 0.3) is 5.91 Å². The normalized spacial score (nSPS) is 31.8. The van der Waals surface area contributed by atoms with E-state index in [2.05, 4.69) is 34.6 Å². The van der Waals surface area contributed by atoms with Crippen LogP contribution in [0.5, 0.6) is 0 Å². The van der Waals surface area contributed by atoms with Gasteiger partial charge in [-0.1, -0.05) is 13.8 Å². The molecule has 6 nitrogen and oxygen atoms in total. The minimum atomic E-state index is 0.0942. The van der Waals surface area contributed by atoms with Crippen molar-refractivity contribution in [2.24, 2.45) is 10.8 Å². The maximum atomic E-state index is 12.8. The fraction of sp³-hybridized carbons (Fsp3) is 0.533. The highest BCUT2D eigenvalue weighted by Gasteiger charge is 2.55. The molecule has 1 aromatic heterocycles. The van der Waals surface area contributed by atoms with Crippen LogP contribution in [0.1, 0.15) is 24.2 Å². The lowest BCUT2D eigenvalue weighted by atomic mass is 9.71. The predicted octanol–water partition coefficient (Wildman–Crippen LogP) is 1.03. The molecule has 2 aliphatic rings. The van der Waals surface area contributed by atoms with Crippen LogP contribution >= 0.6 is 0 Å². The number of rotatable bonds is 1. The summed E-state index contributed by atoms with van der Waals surface area (Å²) in [6.07, 6.45) is 0. The summed E-state index contributed by atoms with van der Waals surface area (Å²) in [4.78, 5) is 14.8. The minimum Gasteiger partial charge on any atom is -0.337 e. The molecule has 110 valence electrons. The van der Waals surface area contributed by atoms with E-state index in [9.17, 15) is 4.79 Å². The number of nitrogens with one attached hydrogen (secondary N) is 2. The Morgan fingerprint density at radius 1 is 1.14 bits per heavy atom. The van der Waals surface area contributed by atoms with Crippen molar-refractivity contribution in [2.45, 2.75) is 13.8 Å². The van der Waals surface area contributed by atoms with Crippen LogP contribution in [-0.4, -0.2) is 52.4 Å². The van der Waals surface area contributed by atoms with Gasteiger partial charge < -0.3 is 10.2 Å². The van der Waals surface area contributed by atoms with Gasteiger partial charge in [0.1, 0.15) is 11.0 Å². The number of H-pyrrole nitrogens is 1. The Kier molecular flexibility index (Phi) is 2.45. The van der Waals surface area contributed by atoms with Gasteiger partial charge in [0.05, 0.1) is 0 Å². The highest BCUT2D eigenvalue weighted by molar-refractivity contribution is 5.97. The molecular formula is C15H19N5O. The van der Waals surface area contributed by atoms with Crippen molar-refractivity contribution in [2.75, 3.05) is 26.2 Å². The summed E-state index contributed by atoms with van der Waals surface area (Å²) < 4.78 is 0. The predicted molar refractivity (Wildman–Crippen MR) is 78.9 cm³/mol. The Labute approximate surface area is 122 Å². The molecule has 2 fully saturated rings. The number of hydrogen-bond donors (Lipinski definition) is 2. The first-order chi connectivity index (χ1) is 10.0. The van der Waals surface area contributed by atoms with Gasteiger partial charge in [-0.2, -0.15) is 15.4 Å². The Morgan fingerprint density at radius 2 is 1.81 bits per heavy atom. The van der Waals surface area contributed by atoms with Crippen LogP contribution in [0.2, 0.25) is 0 Å². The molecule has 1 amide bonds. The van der Waals surface area contributed by atoms with E-state index in [1.54, 1.807) is 0 Å². The number of aromatic amines is 1. The summed E-state index contributed by atoms with van der Waals surface area (Å²) in [6.45, 7) is 8.14. The smallest absolute Gasteiger partial charge is 0.253 e. The molecule has 0 unspecified atom stereocenters. The summed E-state index contributed by atoms with van der Waals surface area (Å²) in [6, 6.07) is 5.50. The molecule has 2 N–H and O–H groups in total. The Morgan fingerprint density at radius 3 is 2.52 bits per heavy atom. The van der Waals surface area contributed by atoms with E-state index in [0.29, 0.717) is 5.56 Å². The second-order valence-corrected chi connectivity index (χ2v) is 6.91. The number of benzene rings is 1. The van der Waals surface area contributed by atoms with Gasteiger partial charge in [-0.05, 0) is 18.2 Å². The zero-order valence-electron chi connectivity index (χ0n) is 12.3. The first kappa shape index (κ1) is 12.8. The van der Waals surface area contributed by atoms with Crippen LogP contribution in [-0.2, 0) is 0 Å². The quantitative estimate of drug-likeness (QED) is 0.820. The van der Waals surface area contributed by atoms with Gasteiger partial charge >= 0.3 is 0 Å². The second kappa shape index (κ2) is 4.04. The van der Waals surface area contributed by atoms with Crippen molar-refractivity contribution in [3.63, 3.8) is 0 Å². The lowest BCUT2D eigenvalue weighted by Crippen LogP contribution is -2.34. The number of carbonyl (C=O) groups is 1. The van der Waals surface area contributed by atoms with Crippen molar-refractivity contribution in [3.8, 4) is 0 Å². The third-order valence-electron chi connectivity index (χ3n) is 5.42. The van der Waals surface area contributed by atoms with Crippen LogP contribution in [0, 0.1) is 10.8 Å². The molecule has 0 bridgehead atoms. The number of amides is 1. The largest absolute Gasteiger partial charge is 0.337 e. The molecule has 1 aromatic carbocycles. The van der Waals surface area contributed by atoms with E-state index < -0.39 is 0 Å². The zero-order valence-corrected chi connectivity index (χ0v) is 12.3. The number of hydrogen-bond acceptors (Lipinski definition) is 4. The summed E-state index contributed by atoms with van der Waals surface area (Å²) in [7, 11) is 0. The van der Waals surface area contributed by atoms with E-state index in [1.165, 1.54) is 0 Å². The molecule has 0 spiro atoms. The number of likely N-dealkylation sites (tertiary alicyclic amines) is 1. The van der Waals surface area contributed by atoms with E-state index >= 15 is 0 Å². The Balaban J connectivity index is 1.64. The van der Waals surface area contributed by atoms with E-state index in [0.717, 1.165) is 37.2 Å². The molecule has 0 aliphatic carbocycles. The third-order valence-corrected chi connectivity index (χ3v) is 5.42. The first-order valence-electron chi connectivity index (χ1n) is 7.31. The van der Waals surface area contributed by atoms with Gasteiger partial charge in [-0.25, -0.2) is 0 Å². The van der Waals surface area contributed by atoms with Gasteiger partial charge in [0.2, 0.25) is 0 Å². The molecule has 4 rings (SSSR count). The molecule has 3 heterocycles. The topological polar surface area (TPSA) is 73.9 Å². The average molecular weight is 285 g/mol. The van der Waals surface area contributed by atoms with Crippen LogP contribution in [0.15, 0.2) is 18.2 Å². The van der Waals surface area contributed by atoms with Crippen molar-refractivity contribution in [1.29, 1.82) is 0 Å². The van der Waals surface area contributed by atoms with Crippen LogP contribution in [0.25, 0.3) is 11.0 Å². The van der Waals surface area contributed by atoms with Crippen molar-refractivity contribution in [1.82, 2.24) is 25.6 Å². The average Bonchev–Trinajstić information content (AvgIpc) is 3.07. The molecule has 0 radical (unpaired) electrons. The SMILES string of the molecule is C[C@@]12CNC[C@]1(C)CN(C(=O)c1ccc3n[nH]nc3c1)C2. The zero-order chi connectivity index (χ0) is 14.7. The first-order valence-corrected chi connectivity index (χ1v) is 7.31. The maximum absolute atomic E-state index is 12.8. The van der Waals surface area contributed by atoms with Crippen LogP contribution in [0.4, 0.5) is 0 Å². The second-order valence-electron chi connectivity index (χ2n) is 6.91. The summed E-state index contributed by atoms with van der Waals surface area (Å²) in [5.41, 5.74) is 2.55. The fourth-order valence-electron chi connectivity index (χ4n) is 3.73. The Bertz CT molecular complexity index is 708. The van der Waals surface area contributed by atoms with Crippen LogP contribution in [0.3, 0.4) is 0 Å². The molecule has 6 heteroatoms. The van der Waals surface area contributed by atoms with Gasteiger partial charge in [0.15, 0.2) is 0 Å². The number of aromatic nitrogens is 3. The van der Waals surface area contributed by atoms with E-state index in [1.807, 2.05) is 23.1 Å². The monoisotopic (exact) mass is 285 g/mol. The lowest BCUT2D eigenvalue weighted by Gasteiger charge is -2.30. The molecule has 21 heavy (non-hydrogen) atoms. The molecule has 0 saturated carbocycles. The molecule has 2 aliphatic heterocycles. The lowest BCUT2D eigenvalue weighted by molar-refractivity contribution is 0.0770. The summed E-state index contributed by atoms with van der Waals surface area (Å²) >= 11 is 0. The van der Waals surface area contributed by atoms with E-state index in [-0.39, 0.29) is 16.7 Å².